The fourth-order valence-electron chi connectivity index (χ4n) is 2.43. The Bertz CT molecular complexity index is 857. The van der Waals surface area contributed by atoms with E-state index in [4.69, 9.17) is 4.74 Å². The maximum Gasteiger partial charge on any atom is 0.226 e. The number of fused-ring (bicyclic) bond motifs is 1. The highest BCUT2D eigenvalue weighted by molar-refractivity contribution is 5.87. The molecule has 0 saturated heterocycles. The number of anilines is 2. The fraction of sp³-hybridized carbons (Fsp3) is 0.235. The molecule has 0 saturated carbocycles. The number of aromatic nitrogens is 4. The van der Waals surface area contributed by atoms with Gasteiger partial charge in [-0.3, -0.25) is 4.68 Å². The van der Waals surface area contributed by atoms with Crippen LogP contribution in [-0.4, -0.2) is 33.4 Å². The second-order valence-electron chi connectivity index (χ2n) is 5.24. The van der Waals surface area contributed by atoms with Gasteiger partial charge in [0, 0.05) is 25.7 Å². The van der Waals surface area contributed by atoms with Gasteiger partial charge in [0.05, 0.1) is 18.7 Å². The number of nitrogens with one attached hydrogen (secondary N) is 2. The second kappa shape index (κ2) is 6.99. The summed E-state index contributed by atoms with van der Waals surface area (Å²) in [4.78, 5) is 9.03. The molecule has 124 valence electrons. The van der Waals surface area contributed by atoms with E-state index in [1.165, 1.54) is 0 Å². The SMILES string of the molecule is C=CCNc1nc(NCc2ccccc2OC)c2cnn(C)c2n1. The van der Waals surface area contributed by atoms with E-state index in [1.54, 1.807) is 24.1 Å². The van der Waals surface area contributed by atoms with Crippen molar-refractivity contribution in [2.24, 2.45) is 7.05 Å². The van der Waals surface area contributed by atoms with E-state index in [-0.39, 0.29) is 0 Å². The van der Waals surface area contributed by atoms with Gasteiger partial charge in [-0.1, -0.05) is 24.3 Å². The fourth-order valence-corrected chi connectivity index (χ4v) is 2.43. The predicted octanol–water partition coefficient (Wildman–Crippen LogP) is 2.58. The van der Waals surface area contributed by atoms with Gasteiger partial charge >= 0.3 is 0 Å². The van der Waals surface area contributed by atoms with Gasteiger partial charge in [0.15, 0.2) is 5.65 Å². The first-order valence-corrected chi connectivity index (χ1v) is 7.63. The van der Waals surface area contributed by atoms with Gasteiger partial charge in [-0.25, -0.2) is 0 Å². The minimum absolute atomic E-state index is 0.536. The molecular weight excluding hydrogens is 304 g/mol. The van der Waals surface area contributed by atoms with Crippen LogP contribution in [0.3, 0.4) is 0 Å². The molecule has 2 aromatic heterocycles. The number of hydrogen-bond acceptors (Lipinski definition) is 6. The maximum absolute atomic E-state index is 5.39. The van der Waals surface area contributed by atoms with Crippen LogP contribution >= 0.6 is 0 Å². The Labute approximate surface area is 140 Å². The average molecular weight is 324 g/mol. The maximum atomic E-state index is 5.39. The molecule has 0 fully saturated rings. The molecule has 0 amide bonds. The van der Waals surface area contributed by atoms with Gasteiger partial charge in [-0.05, 0) is 6.07 Å². The third kappa shape index (κ3) is 3.15. The van der Waals surface area contributed by atoms with Gasteiger partial charge in [-0.2, -0.15) is 15.1 Å². The quantitative estimate of drug-likeness (QED) is 0.651. The van der Waals surface area contributed by atoms with Gasteiger partial charge in [0.1, 0.15) is 11.6 Å². The first-order chi connectivity index (χ1) is 11.7. The van der Waals surface area contributed by atoms with E-state index in [2.05, 4.69) is 32.3 Å². The summed E-state index contributed by atoms with van der Waals surface area (Å²) >= 11 is 0. The molecule has 7 nitrogen and oxygen atoms in total. The molecule has 0 aliphatic rings. The molecule has 0 bridgehead atoms. The lowest BCUT2D eigenvalue weighted by Gasteiger charge is -2.12. The molecule has 0 aliphatic carbocycles. The van der Waals surface area contributed by atoms with E-state index in [9.17, 15) is 0 Å². The lowest BCUT2D eigenvalue weighted by Crippen LogP contribution is -2.08. The van der Waals surface area contributed by atoms with Crippen LogP contribution in [0.4, 0.5) is 11.8 Å². The van der Waals surface area contributed by atoms with Crippen LogP contribution in [0.15, 0.2) is 43.1 Å². The number of benzene rings is 1. The highest BCUT2D eigenvalue weighted by atomic mass is 16.5. The number of nitrogens with zero attached hydrogens (tertiary/aromatic N) is 4. The first kappa shape index (κ1) is 15.8. The molecule has 0 radical (unpaired) electrons. The van der Waals surface area contributed by atoms with Gasteiger partial charge in [0.25, 0.3) is 0 Å². The van der Waals surface area contributed by atoms with E-state index in [0.717, 1.165) is 28.2 Å². The largest absolute Gasteiger partial charge is 0.496 e. The minimum atomic E-state index is 0.536. The molecule has 24 heavy (non-hydrogen) atoms. The van der Waals surface area contributed by atoms with Crippen molar-refractivity contribution in [3.05, 3.63) is 48.7 Å². The molecule has 3 rings (SSSR count). The highest BCUT2D eigenvalue weighted by Crippen LogP contribution is 2.24. The summed E-state index contributed by atoms with van der Waals surface area (Å²) in [5.41, 5.74) is 1.82. The Hall–Kier alpha value is -3.09. The van der Waals surface area contributed by atoms with Crippen molar-refractivity contribution in [3.8, 4) is 5.75 Å². The van der Waals surface area contributed by atoms with Crippen LogP contribution in [0.25, 0.3) is 11.0 Å². The highest BCUT2D eigenvalue weighted by Gasteiger charge is 2.12. The molecule has 0 atom stereocenters. The zero-order valence-electron chi connectivity index (χ0n) is 13.8. The summed E-state index contributed by atoms with van der Waals surface area (Å²) < 4.78 is 7.12. The standard InChI is InChI=1S/C17H20N6O/c1-4-9-18-17-21-15(13-11-20-23(2)16(13)22-17)19-10-12-7-5-6-8-14(12)24-3/h4-8,11H,1,9-10H2,2-3H3,(H2,18,19,21,22). The Morgan fingerprint density at radius 3 is 2.88 bits per heavy atom. The van der Waals surface area contributed by atoms with Crippen LogP contribution in [0, 0.1) is 0 Å². The van der Waals surface area contributed by atoms with Gasteiger partial charge in [-0.15, -0.1) is 6.58 Å². The average Bonchev–Trinajstić information content (AvgIpc) is 2.99. The molecule has 2 N–H and O–H groups in total. The summed E-state index contributed by atoms with van der Waals surface area (Å²) in [7, 11) is 3.52. The van der Waals surface area contributed by atoms with Crippen molar-refractivity contribution < 1.29 is 4.74 Å². The third-order valence-corrected chi connectivity index (χ3v) is 3.64. The number of aryl methyl sites for hydroxylation is 1. The predicted molar refractivity (Wildman–Crippen MR) is 95.3 cm³/mol. The van der Waals surface area contributed by atoms with Crippen molar-refractivity contribution in [3.63, 3.8) is 0 Å². The Morgan fingerprint density at radius 1 is 1.25 bits per heavy atom. The molecule has 0 unspecified atom stereocenters. The zero-order chi connectivity index (χ0) is 16.9. The summed E-state index contributed by atoms with van der Waals surface area (Å²) in [5, 5.41) is 11.6. The lowest BCUT2D eigenvalue weighted by molar-refractivity contribution is 0.410. The summed E-state index contributed by atoms with van der Waals surface area (Å²) in [6.45, 7) is 4.88. The second-order valence-corrected chi connectivity index (χ2v) is 5.24. The monoisotopic (exact) mass is 324 g/mol. The Kier molecular flexibility index (Phi) is 4.60. The minimum Gasteiger partial charge on any atom is -0.496 e. The van der Waals surface area contributed by atoms with Crippen molar-refractivity contribution in [1.82, 2.24) is 19.7 Å². The van der Waals surface area contributed by atoms with Crippen molar-refractivity contribution in [2.75, 3.05) is 24.3 Å². The molecule has 7 heteroatoms. The van der Waals surface area contributed by atoms with Gasteiger partial charge < -0.3 is 15.4 Å². The number of methoxy groups -OCH3 is 1. The van der Waals surface area contributed by atoms with Crippen LogP contribution in [0.1, 0.15) is 5.56 Å². The third-order valence-electron chi connectivity index (χ3n) is 3.64. The molecular formula is C17H20N6O. The molecule has 1 aromatic carbocycles. The smallest absolute Gasteiger partial charge is 0.226 e. The summed E-state index contributed by atoms with van der Waals surface area (Å²) in [6, 6.07) is 7.89. The van der Waals surface area contributed by atoms with Crippen LogP contribution < -0.4 is 15.4 Å². The molecule has 2 heterocycles. The molecule has 3 aromatic rings. The van der Waals surface area contributed by atoms with E-state index >= 15 is 0 Å². The van der Waals surface area contributed by atoms with E-state index in [1.807, 2.05) is 31.3 Å². The number of ether oxygens (including phenoxy) is 1. The van der Waals surface area contributed by atoms with Crippen molar-refractivity contribution in [2.45, 2.75) is 6.54 Å². The normalized spacial score (nSPS) is 10.6. The summed E-state index contributed by atoms with van der Waals surface area (Å²) in [5.74, 6) is 2.10. The number of hydrogen-bond donors (Lipinski definition) is 2. The van der Waals surface area contributed by atoms with Gasteiger partial charge in [0.2, 0.25) is 5.95 Å². The summed E-state index contributed by atoms with van der Waals surface area (Å²) in [6.07, 6.45) is 3.52. The van der Waals surface area contributed by atoms with E-state index in [0.29, 0.717) is 19.0 Å². The van der Waals surface area contributed by atoms with Crippen LogP contribution in [0.2, 0.25) is 0 Å². The molecule has 0 spiro atoms. The van der Waals surface area contributed by atoms with Crippen LogP contribution in [0.5, 0.6) is 5.75 Å². The topological polar surface area (TPSA) is 76.9 Å². The Morgan fingerprint density at radius 2 is 2.08 bits per heavy atom. The number of rotatable bonds is 7. The first-order valence-electron chi connectivity index (χ1n) is 7.63. The lowest BCUT2D eigenvalue weighted by atomic mass is 10.2. The van der Waals surface area contributed by atoms with Crippen molar-refractivity contribution in [1.29, 1.82) is 0 Å². The Balaban J connectivity index is 1.91. The number of para-hydroxylation sites is 1. The zero-order valence-corrected chi connectivity index (χ0v) is 13.8. The van der Waals surface area contributed by atoms with Crippen molar-refractivity contribution >= 4 is 22.8 Å². The molecule has 0 aliphatic heterocycles. The van der Waals surface area contributed by atoms with E-state index < -0.39 is 0 Å². The van der Waals surface area contributed by atoms with Crippen LogP contribution in [-0.2, 0) is 13.6 Å².